The summed E-state index contributed by atoms with van der Waals surface area (Å²) in [5.74, 6) is 0. The molecular formula is C8H22NO3P. The van der Waals surface area contributed by atoms with Crippen LogP contribution < -0.4 is 5.73 Å². The lowest BCUT2D eigenvalue weighted by Gasteiger charge is -2.20. The quantitative estimate of drug-likeness (QED) is 0.697. The highest BCUT2D eigenvalue weighted by atomic mass is 31.1. The van der Waals surface area contributed by atoms with Gasteiger partial charge in [0.05, 0.1) is 5.60 Å². The predicted octanol–water partition coefficient (Wildman–Crippen LogP) is 1.93. The van der Waals surface area contributed by atoms with Crippen molar-refractivity contribution >= 4 is 8.25 Å². The molecule has 0 saturated heterocycles. The smallest absolute Gasteiger partial charge is 0.317 e. The minimum atomic E-state index is -2.83. The monoisotopic (exact) mass is 211 g/mol. The first kappa shape index (κ1) is 15.6. The second-order valence-corrected chi connectivity index (χ2v) is 4.07. The van der Waals surface area contributed by atoms with Crippen LogP contribution in [0.3, 0.4) is 0 Å². The van der Waals surface area contributed by atoms with E-state index in [1.165, 1.54) is 12.8 Å². The third-order valence-corrected chi connectivity index (χ3v) is 2.08. The first-order valence-corrected chi connectivity index (χ1v) is 5.78. The van der Waals surface area contributed by atoms with Crippen LogP contribution in [0.5, 0.6) is 0 Å². The molecular weight excluding hydrogens is 189 g/mol. The van der Waals surface area contributed by atoms with Crippen LogP contribution in [0.4, 0.5) is 0 Å². The largest absolute Gasteiger partial charge is 0.328 e. The normalized spacial score (nSPS) is 13.1. The van der Waals surface area contributed by atoms with Gasteiger partial charge in [-0.1, -0.05) is 26.7 Å². The van der Waals surface area contributed by atoms with Crippen LogP contribution >= 0.6 is 8.25 Å². The van der Waals surface area contributed by atoms with Gasteiger partial charge in [-0.05, 0) is 13.8 Å². The van der Waals surface area contributed by atoms with Crippen molar-refractivity contribution in [3.63, 3.8) is 0 Å². The van der Waals surface area contributed by atoms with Crippen molar-refractivity contribution in [1.82, 2.24) is 0 Å². The van der Waals surface area contributed by atoms with E-state index in [1.54, 1.807) is 13.8 Å². The Labute approximate surface area is 81.4 Å². The first-order chi connectivity index (χ1) is 5.89. The molecule has 13 heavy (non-hydrogen) atoms. The van der Waals surface area contributed by atoms with Crippen LogP contribution in [-0.4, -0.2) is 17.0 Å². The topological polar surface area (TPSA) is 72.5 Å². The summed E-state index contributed by atoms with van der Waals surface area (Å²) in [6.45, 7) is 7.92. The molecule has 82 valence electrons. The molecule has 0 saturated carbocycles. The fourth-order valence-electron chi connectivity index (χ4n) is 0.278. The minimum absolute atomic E-state index is 0.240. The summed E-state index contributed by atoms with van der Waals surface area (Å²) in [4.78, 5) is 8.29. The third kappa shape index (κ3) is 14.9. The van der Waals surface area contributed by atoms with E-state index in [0.29, 0.717) is 0 Å². The van der Waals surface area contributed by atoms with Crippen molar-refractivity contribution in [2.45, 2.75) is 46.1 Å². The second kappa shape index (κ2) is 8.70. The fraction of sp³-hybridized carbons (Fsp3) is 1.00. The van der Waals surface area contributed by atoms with Gasteiger partial charge in [0.2, 0.25) is 0 Å². The van der Waals surface area contributed by atoms with Crippen molar-refractivity contribution < 1.29 is 14.0 Å². The summed E-state index contributed by atoms with van der Waals surface area (Å²) in [5.41, 5.74) is 4.52. The molecule has 0 fully saturated rings. The number of hydrogen-bond acceptors (Lipinski definition) is 3. The Balaban J connectivity index is 0. The van der Waals surface area contributed by atoms with E-state index < -0.39 is 13.9 Å². The van der Waals surface area contributed by atoms with Gasteiger partial charge < -0.3 is 15.2 Å². The molecule has 0 aromatic carbocycles. The highest BCUT2D eigenvalue weighted by Gasteiger charge is 2.17. The molecule has 4 nitrogen and oxygen atoms in total. The van der Waals surface area contributed by atoms with Crippen molar-refractivity contribution in [2.24, 2.45) is 5.73 Å². The van der Waals surface area contributed by atoms with Crippen LogP contribution in [0.25, 0.3) is 0 Å². The molecule has 0 radical (unpaired) electrons. The van der Waals surface area contributed by atoms with Gasteiger partial charge in [-0.15, -0.1) is 0 Å². The van der Waals surface area contributed by atoms with Crippen molar-refractivity contribution in [1.29, 1.82) is 0 Å². The molecule has 0 rings (SSSR count). The van der Waals surface area contributed by atoms with Crippen LogP contribution in [0.2, 0.25) is 0 Å². The van der Waals surface area contributed by atoms with Gasteiger partial charge in [0.1, 0.15) is 0 Å². The average Bonchev–Trinajstić information content (AvgIpc) is 2.03. The van der Waals surface area contributed by atoms with Gasteiger partial charge in [-0.3, -0.25) is 4.57 Å². The van der Waals surface area contributed by atoms with E-state index >= 15 is 0 Å². The maximum atomic E-state index is 10.1. The number of nitrogens with two attached hydrogens (primary N) is 1. The molecule has 3 N–H and O–H groups in total. The first-order valence-electron chi connectivity index (χ1n) is 4.51. The van der Waals surface area contributed by atoms with Gasteiger partial charge in [-0.25, -0.2) is 0 Å². The molecule has 0 heterocycles. The zero-order valence-electron chi connectivity index (χ0n) is 8.96. The lowest BCUT2D eigenvalue weighted by molar-refractivity contribution is 0.112. The minimum Gasteiger partial charge on any atom is -0.328 e. The third-order valence-electron chi connectivity index (χ3n) is 1.36. The van der Waals surface area contributed by atoms with Crippen molar-refractivity contribution in [3.8, 4) is 0 Å². The van der Waals surface area contributed by atoms with E-state index in [2.05, 4.69) is 18.4 Å². The fourth-order valence-corrected chi connectivity index (χ4v) is 0.834. The maximum absolute atomic E-state index is 10.1. The summed E-state index contributed by atoms with van der Waals surface area (Å²) in [6.07, 6.45) is 2.64. The molecule has 1 unspecified atom stereocenters. The summed E-state index contributed by atoms with van der Waals surface area (Å²) in [7, 11) is -2.83. The average molecular weight is 211 g/mol. The Kier molecular flexibility index (Phi) is 10.4. The summed E-state index contributed by atoms with van der Waals surface area (Å²) in [6, 6.07) is 0. The summed E-state index contributed by atoms with van der Waals surface area (Å²) in [5, 5.41) is 0. The molecule has 0 aliphatic rings. The summed E-state index contributed by atoms with van der Waals surface area (Å²) < 4.78 is 14.6. The molecule has 0 amide bonds. The number of hydrogen-bond donors (Lipinski definition) is 2. The molecule has 0 aliphatic heterocycles. The SMILES string of the molecule is CC(C)(CN)O[PH](=O)O.CCCC. The van der Waals surface area contributed by atoms with E-state index in [-0.39, 0.29) is 6.54 Å². The van der Waals surface area contributed by atoms with Gasteiger partial charge >= 0.3 is 8.25 Å². The van der Waals surface area contributed by atoms with Crippen LogP contribution in [0.1, 0.15) is 40.5 Å². The van der Waals surface area contributed by atoms with E-state index in [9.17, 15) is 4.57 Å². The number of rotatable bonds is 4. The van der Waals surface area contributed by atoms with Crippen LogP contribution in [0, 0.1) is 0 Å². The highest BCUT2D eigenvalue weighted by molar-refractivity contribution is 7.32. The van der Waals surface area contributed by atoms with E-state index in [1.807, 2.05) is 0 Å². The zero-order chi connectivity index (χ0) is 10.9. The molecule has 1 atom stereocenters. The Morgan fingerprint density at radius 2 is 1.77 bits per heavy atom. The molecule has 0 aromatic rings. The van der Waals surface area contributed by atoms with Crippen LogP contribution in [0.15, 0.2) is 0 Å². The van der Waals surface area contributed by atoms with Crippen molar-refractivity contribution in [3.05, 3.63) is 0 Å². The molecule has 0 spiro atoms. The molecule has 0 bridgehead atoms. The standard InChI is InChI=1S/C4H12NO3P.C4H10/c1-4(2,3-5)8-9(6)7;1-3-4-2/h9H,3,5H2,1-2H3,(H,6,7);3-4H2,1-2H3. The maximum Gasteiger partial charge on any atom is 0.317 e. The molecule has 5 heteroatoms. The van der Waals surface area contributed by atoms with Crippen molar-refractivity contribution in [2.75, 3.05) is 6.54 Å². The predicted molar refractivity (Wildman–Crippen MR) is 56.0 cm³/mol. The Morgan fingerprint density at radius 1 is 1.38 bits per heavy atom. The van der Waals surface area contributed by atoms with Gasteiger partial charge in [-0.2, -0.15) is 0 Å². The van der Waals surface area contributed by atoms with Crippen LogP contribution in [-0.2, 0) is 9.09 Å². The van der Waals surface area contributed by atoms with E-state index in [4.69, 9.17) is 10.6 Å². The molecule has 0 aliphatic carbocycles. The summed E-state index contributed by atoms with van der Waals surface area (Å²) >= 11 is 0. The Bertz CT molecular complexity index is 137. The van der Waals surface area contributed by atoms with Gasteiger partial charge in [0.15, 0.2) is 0 Å². The van der Waals surface area contributed by atoms with Gasteiger partial charge in [0.25, 0.3) is 0 Å². The lowest BCUT2D eigenvalue weighted by atomic mass is 10.1. The number of unbranched alkanes of at least 4 members (excludes halogenated alkanes) is 1. The van der Waals surface area contributed by atoms with Gasteiger partial charge in [0, 0.05) is 6.54 Å². The lowest BCUT2D eigenvalue weighted by Crippen LogP contribution is -2.31. The second-order valence-electron chi connectivity index (χ2n) is 3.33. The Morgan fingerprint density at radius 3 is 1.85 bits per heavy atom. The zero-order valence-corrected chi connectivity index (χ0v) is 9.96. The Hall–Kier alpha value is 0.110. The highest BCUT2D eigenvalue weighted by Crippen LogP contribution is 2.24. The molecule has 0 aromatic heterocycles. The van der Waals surface area contributed by atoms with E-state index in [0.717, 1.165) is 0 Å².